The summed E-state index contributed by atoms with van der Waals surface area (Å²) >= 11 is 0. The summed E-state index contributed by atoms with van der Waals surface area (Å²) in [5.74, 6) is 2.71. The maximum absolute atomic E-state index is 5.83. The van der Waals surface area contributed by atoms with Crippen LogP contribution in [0.25, 0.3) is 0 Å². The van der Waals surface area contributed by atoms with Gasteiger partial charge in [-0.05, 0) is 35.4 Å². The van der Waals surface area contributed by atoms with Gasteiger partial charge in [-0.3, -0.25) is 0 Å². The Bertz CT molecular complexity index is 984. The summed E-state index contributed by atoms with van der Waals surface area (Å²) in [5.41, 5.74) is 2.22. The molecule has 0 atom stereocenters. The summed E-state index contributed by atoms with van der Waals surface area (Å²) in [6.07, 6.45) is 0. The Kier molecular flexibility index (Phi) is 7.11. The molecule has 4 rings (SSSR count). The van der Waals surface area contributed by atoms with E-state index in [0.717, 1.165) is 22.6 Å². The lowest BCUT2D eigenvalue weighted by Gasteiger charge is -2.11. The second-order valence-electron chi connectivity index (χ2n) is 6.83. The van der Waals surface area contributed by atoms with Crippen LogP contribution in [-0.4, -0.2) is 7.69 Å². The van der Waals surface area contributed by atoms with Gasteiger partial charge in [0, 0.05) is 12.1 Å². The summed E-state index contributed by atoms with van der Waals surface area (Å²) < 4.78 is 22.9. The van der Waals surface area contributed by atoms with E-state index in [-0.39, 0.29) is 0 Å². The zero-order valence-corrected chi connectivity index (χ0v) is 17.0. The predicted molar refractivity (Wildman–Crippen MR) is 121 cm³/mol. The van der Waals surface area contributed by atoms with E-state index in [9.17, 15) is 0 Å². The van der Waals surface area contributed by atoms with Crippen LogP contribution in [0.3, 0.4) is 0 Å². The minimum absolute atomic E-state index is 0.500. The molecule has 153 valence electrons. The predicted octanol–water partition coefficient (Wildman–Crippen LogP) is 5.84. The van der Waals surface area contributed by atoms with Crippen molar-refractivity contribution < 1.29 is 18.8 Å². The maximum atomic E-state index is 5.83. The number of rotatable bonds is 10. The molecule has 0 heterocycles. The fourth-order valence-electron chi connectivity index (χ4n) is 2.89. The average molecular weight is 409 g/mol. The Balaban J connectivity index is 1.25. The molecule has 4 aromatic rings. The van der Waals surface area contributed by atoms with Crippen LogP contribution in [0.1, 0.15) is 11.1 Å². The van der Waals surface area contributed by atoms with Gasteiger partial charge in [-0.1, -0.05) is 72.8 Å². The topological polar surface area (TPSA) is 36.9 Å². The minimum atomic E-state index is 0.500. The Hall–Kier alpha value is -3.86. The SMILES string of the molecule is [B](Oc1cccc(OCc2ccccc2)c1)Oc1cccc(OCc2ccccc2)c1. The molecule has 0 saturated carbocycles. The van der Waals surface area contributed by atoms with Gasteiger partial charge in [0.15, 0.2) is 0 Å². The van der Waals surface area contributed by atoms with Crippen molar-refractivity contribution in [1.29, 1.82) is 0 Å². The molecule has 31 heavy (non-hydrogen) atoms. The van der Waals surface area contributed by atoms with Crippen molar-refractivity contribution in [2.75, 3.05) is 0 Å². The first-order chi connectivity index (χ1) is 15.3. The molecule has 4 nitrogen and oxygen atoms in total. The number of ether oxygens (including phenoxy) is 2. The average Bonchev–Trinajstić information content (AvgIpc) is 2.83. The van der Waals surface area contributed by atoms with Crippen LogP contribution in [0.15, 0.2) is 109 Å². The highest BCUT2D eigenvalue weighted by molar-refractivity contribution is 6.20. The van der Waals surface area contributed by atoms with Crippen molar-refractivity contribution in [3.8, 4) is 23.0 Å². The zero-order chi connectivity index (χ0) is 21.1. The molecule has 0 aromatic heterocycles. The Morgan fingerprint density at radius 2 is 0.871 bits per heavy atom. The molecular weight excluding hydrogens is 387 g/mol. The van der Waals surface area contributed by atoms with Crippen LogP contribution in [0.2, 0.25) is 0 Å². The quantitative estimate of drug-likeness (QED) is 0.309. The van der Waals surface area contributed by atoms with Crippen LogP contribution >= 0.6 is 0 Å². The molecule has 0 bridgehead atoms. The van der Waals surface area contributed by atoms with E-state index >= 15 is 0 Å². The molecule has 1 radical (unpaired) electrons. The molecule has 0 saturated heterocycles. The van der Waals surface area contributed by atoms with Gasteiger partial charge in [0.05, 0.1) is 0 Å². The first-order valence-corrected chi connectivity index (χ1v) is 10.0. The largest absolute Gasteiger partial charge is 0.658 e. The normalized spacial score (nSPS) is 10.2. The second-order valence-corrected chi connectivity index (χ2v) is 6.83. The van der Waals surface area contributed by atoms with Crippen LogP contribution in [0, 0.1) is 0 Å². The minimum Gasteiger partial charge on any atom is -0.526 e. The molecule has 0 N–H and O–H groups in total. The number of hydrogen-bond acceptors (Lipinski definition) is 4. The number of hydrogen-bond donors (Lipinski definition) is 0. The van der Waals surface area contributed by atoms with Crippen molar-refractivity contribution in [2.45, 2.75) is 13.2 Å². The highest BCUT2D eigenvalue weighted by Gasteiger charge is 2.05. The van der Waals surface area contributed by atoms with E-state index in [1.165, 1.54) is 7.69 Å². The molecule has 0 aliphatic rings. The highest BCUT2D eigenvalue weighted by atomic mass is 16.6. The van der Waals surface area contributed by atoms with Gasteiger partial charge < -0.3 is 18.8 Å². The van der Waals surface area contributed by atoms with E-state index in [2.05, 4.69) is 0 Å². The van der Waals surface area contributed by atoms with E-state index in [1.54, 1.807) is 0 Å². The van der Waals surface area contributed by atoms with Crippen molar-refractivity contribution in [3.05, 3.63) is 120 Å². The fourth-order valence-corrected chi connectivity index (χ4v) is 2.89. The van der Waals surface area contributed by atoms with Crippen LogP contribution in [0.4, 0.5) is 0 Å². The maximum Gasteiger partial charge on any atom is 0.658 e. The molecule has 0 aliphatic heterocycles. The highest BCUT2D eigenvalue weighted by Crippen LogP contribution is 2.22. The van der Waals surface area contributed by atoms with Crippen LogP contribution < -0.4 is 18.8 Å². The third-order valence-corrected chi connectivity index (χ3v) is 4.48. The second kappa shape index (κ2) is 10.8. The lowest BCUT2D eigenvalue weighted by molar-refractivity contribution is 0.304. The van der Waals surface area contributed by atoms with Crippen molar-refractivity contribution >= 4 is 7.69 Å². The van der Waals surface area contributed by atoms with E-state index in [0.29, 0.717) is 24.7 Å². The van der Waals surface area contributed by atoms with Crippen LogP contribution in [0.5, 0.6) is 23.0 Å². The summed E-state index contributed by atoms with van der Waals surface area (Å²) in [7, 11) is 1.30. The first-order valence-electron chi connectivity index (χ1n) is 10.0. The summed E-state index contributed by atoms with van der Waals surface area (Å²) in [6, 6.07) is 34.9. The van der Waals surface area contributed by atoms with Crippen molar-refractivity contribution in [2.24, 2.45) is 0 Å². The molecule has 0 amide bonds. The fraction of sp³-hybridized carbons (Fsp3) is 0.0769. The molecule has 4 aromatic carbocycles. The van der Waals surface area contributed by atoms with Gasteiger partial charge >= 0.3 is 7.69 Å². The summed E-state index contributed by atoms with van der Waals surface area (Å²) in [4.78, 5) is 0. The van der Waals surface area contributed by atoms with Gasteiger partial charge in [0.1, 0.15) is 36.2 Å². The molecule has 0 unspecified atom stereocenters. The van der Waals surface area contributed by atoms with Gasteiger partial charge in [-0.15, -0.1) is 0 Å². The third kappa shape index (κ3) is 6.58. The third-order valence-electron chi connectivity index (χ3n) is 4.48. The lowest BCUT2D eigenvalue weighted by atomic mass is 10.2. The van der Waals surface area contributed by atoms with Gasteiger partial charge in [-0.25, -0.2) is 0 Å². The lowest BCUT2D eigenvalue weighted by Crippen LogP contribution is -2.11. The van der Waals surface area contributed by atoms with Crippen LogP contribution in [-0.2, 0) is 13.2 Å². The number of benzene rings is 4. The van der Waals surface area contributed by atoms with Gasteiger partial charge in [0.25, 0.3) is 0 Å². The monoisotopic (exact) mass is 409 g/mol. The Morgan fingerprint density at radius 1 is 0.452 bits per heavy atom. The Labute approximate surface area is 183 Å². The van der Waals surface area contributed by atoms with Crippen molar-refractivity contribution in [3.63, 3.8) is 0 Å². The van der Waals surface area contributed by atoms with Gasteiger partial charge in [0.2, 0.25) is 0 Å². The molecule has 0 spiro atoms. The van der Waals surface area contributed by atoms with Crippen molar-refractivity contribution in [1.82, 2.24) is 0 Å². The molecule has 0 fully saturated rings. The summed E-state index contributed by atoms with van der Waals surface area (Å²) in [6.45, 7) is 1.00. The van der Waals surface area contributed by atoms with Gasteiger partial charge in [-0.2, -0.15) is 0 Å². The molecular formula is C26H22BO4. The molecule has 0 aliphatic carbocycles. The van der Waals surface area contributed by atoms with E-state index in [4.69, 9.17) is 18.8 Å². The smallest absolute Gasteiger partial charge is 0.526 e. The standard InChI is InChI=1S/C26H22BO4/c1-3-9-21(10-4-1)19-28-23-13-7-15-25(17-23)30-27-31-26-16-8-14-24(18-26)29-20-22-11-5-2-6-12-22/h1-18H,19-20H2. The molecule has 5 heteroatoms. The van der Waals surface area contributed by atoms with E-state index < -0.39 is 0 Å². The van der Waals surface area contributed by atoms with E-state index in [1.807, 2.05) is 109 Å². The first kappa shape index (κ1) is 20.4. The zero-order valence-electron chi connectivity index (χ0n) is 17.0. The Morgan fingerprint density at radius 3 is 1.32 bits per heavy atom. The summed E-state index contributed by atoms with van der Waals surface area (Å²) in [5, 5.41) is 0.